The van der Waals surface area contributed by atoms with Crippen LogP contribution in [0.2, 0.25) is 0 Å². The monoisotopic (exact) mass is 238 g/mol. The highest BCUT2D eigenvalue weighted by Crippen LogP contribution is 2.18. The first kappa shape index (κ1) is 13.1. The fourth-order valence-electron chi connectivity index (χ4n) is 1.27. The number of benzene rings is 1. The Balaban J connectivity index is 2.45. The van der Waals surface area contributed by atoms with Crippen molar-refractivity contribution in [3.63, 3.8) is 0 Å². The first-order valence-corrected chi connectivity index (χ1v) is 6.31. The summed E-state index contributed by atoms with van der Waals surface area (Å²) in [5, 5.41) is 2.86. The lowest BCUT2D eigenvalue weighted by atomic mass is 10.2. The maximum absolute atomic E-state index is 11.4. The lowest BCUT2D eigenvalue weighted by Crippen LogP contribution is -2.31. The Morgan fingerprint density at radius 3 is 2.88 bits per heavy atom. The third-order valence-electron chi connectivity index (χ3n) is 1.95. The molecular weight excluding hydrogens is 220 g/mol. The highest BCUT2D eigenvalue weighted by molar-refractivity contribution is 8.00. The summed E-state index contributed by atoms with van der Waals surface area (Å²) in [5.74, 6) is 0.518. The summed E-state index contributed by atoms with van der Waals surface area (Å²) in [5.41, 5.74) is 6.64. The molecule has 3 nitrogen and oxygen atoms in total. The van der Waals surface area contributed by atoms with Gasteiger partial charge in [-0.2, -0.15) is 0 Å². The second-order valence-corrected chi connectivity index (χ2v) is 4.91. The molecule has 0 aliphatic carbocycles. The van der Waals surface area contributed by atoms with Crippen molar-refractivity contribution in [3.8, 4) is 0 Å². The van der Waals surface area contributed by atoms with Gasteiger partial charge in [0.05, 0.1) is 5.75 Å². The highest BCUT2D eigenvalue weighted by Gasteiger charge is 2.04. The number of carbonyl (C=O) groups excluding carboxylic acids is 1. The molecule has 4 heteroatoms. The quantitative estimate of drug-likeness (QED) is 0.769. The zero-order chi connectivity index (χ0) is 12.0. The van der Waals surface area contributed by atoms with Crippen molar-refractivity contribution >= 4 is 17.7 Å². The van der Waals surface area contributed by atoms with Crippen LogP contribution in [0.3, 0.4) is 0 Å². The highest BCUT2D eigenvalue weighted by atomic mass is 32.2. The Morgan fingerprint density at radius 2 is 2.25 bits per heavy atom. The topological polar surface area (TPSA) is 55.1 Å². The van der Waals surface area contributed by atoms with Gasteiger partial charge in [-0.1, -0.05) is 12.1 Å². The summed E-state index contributed by atoms with van der Waals surface area (Å²) in [6.45, 7) is 4.45. The second kappa shape index (κ2) is 6.55. The molecule has 0 aromatic heterocycles. The zero-order valence-electron chi connectivity index (χ0n) is 9.69. The van der Waals surface area contributed by atoms with E-state index < -0.39 is 0 Å². The summed E-state index contributed by atoms with van der Waals surface area (Å²) in [4.78, 5) is 12.5. The predicted octanol–water partition coefficient (Wildman–Crippen LogP) is 1.76. The SMILES string of the molecule is CC(C)NC(=O)CSc1cccc(CN)c1. The molecule has 0 radical (unpaired) electrons. The Bertz CT molecular complexity index is 353. The van der Waals surface area contributed by atoms with Crippen LogP contribution in [0.25, 0.3) is 0 Å². The molecule has 1 rings (SSSR count). The average molecular weight is 238 g/mol. The Morgan fingerprint density at radius 1 is 1.50 bits per heavy atom. The van der Waals surface area contributed by atoms with Gasteiger partial charge in [0, 0.05) is 17.5 Å². The van der Waals surface area contributed by atoms with Gasteiger partial charge in [-0.15, -0.1) is 11.8 Å². The van der Waals surface area contributed by atoms with E-state index in [1.54, 1.807) is 0 Å². The first-order chi connectivity index (χ1) is 7.61. The van der Waals surface area contributed by atoms with Gasteiger partial charge < -0.3 is 11.1 Å². The lowest BCUT2D eigenvalue weighted by molar-refractivity contribution is -0.119. The van der Waals surface area contributed by atoms with Crippen LogP contribution in [-0.4, -0.2) is 17.7 Å². The molecule has 0 aliphatic heterocycles. The van der Waals surface area contributed by atoms with Crippen molar-refractivity contribution < 1.29 is 4.79 Å². The van der Waals surface area contributed by atoms with Crippen LogP contribution in [0.5, 0.6) is 0 Å². The number of thioether (sulfide) groups is 1. The molecule has 1 aromatic carbocycles. The number of carbonyl (C=O) groups is 1. The third kappa shape index (κ3) is 4.68. The van der Waals surface area contributed by atoms with Gasteiger partial charge in [-0.25, -0.2) is 0 Å². The van der Waals surface area contributed by atoms with E-state index >= 15 is 0 Å². The molecule has 0 aliphatic rings. The molecule has 0 fully saturated rings. The first-order valence-electron chi connectivity index (χ1n) is 5.33. The molecule has 0 bridgehead atoms. The summed E-state index contributed by atoms with van der Waals surface area (Å²) in [7, 11) is 0. The average Bonchev–Trinajstić information content (AvgIpc) is 2.26. The van der Waals surface area contributed by atoms with Gasteiger partial charge in [0.15, 0.2) is 0 Å². The van der Waals surface area contributed by atoms with E-state index in [2.05, 4.69) is 5.32 Å². The minimum Gasteiger partial charge on any atom is -0.353 e. The zero-order valence-corrected chi connectivity index (χ0v) is 10.5. The Labute approximate surface area is 101 Å². The fourth-order valence-corrected chi connectivity index (χ4v) is 2.07. The normalized spacial score (nSPS) is 10.5. The molecular formula is C12H18N2OS. The number of hydrogen-bond acceptors (Lipinski definition) is 3. The molecule has 3 N–H and O–H groups in total. The van der Waals surface area contributed by atoms with Gasteiger partial charge in [-0.05, 0) is 31.5 Å². The molecule has 0 unspecified atom stereocenters. The van der Waals surface area contributed by atoms with Gasteiger partial charge in [-0.3, -0.25) is 4.79 Å². The summed E-state index contributed by atoms with van der Waals surface area (Å²) in [6, 6.07) is 8.16. The van der Waals surface area contributed by atoms with Crippen LogP contribution < -0.4 is 11.1 Å². The van der Waals surface area contributed by atoms with E-state index in [-0.39, 0.29) is 11.9 Å². The van der Waals surface area contributed by atoms with Crippen LogP contribution in [0.1, 0.15) is 19.4 Å². The third-order valence-corrected chi connectivity index (χ3v) is 2.95. The van der Waals surface area contributed by atoms with Gasteiger partial charge in [0.2, 0.25) is 5.91 Å². The van der Waals surface area contributed by atoms with E-state index in [4.69, 9.17) is 5.73 Å². The van der Waals surface area contributed by atoms with E-state index in [1.807, 2.05) is 38.1 Å². The van der Waals surface area contributed by atoms with Gasteiger partial charge in [0.1, 0.15) is 0 Å². The number of nitrogens with one attached hydrogen (secondary N) is 1. The smallest absolute Gasteiger partial charge is 0.230 e. The molecule has 88 valence electrons. The molecule has 0 atom stereocenters. The van der Waals surface area contributed by atoms with Crippen LogP contribution in [-0.2, 0) is 11.3 Å². The minimum absolute atomic E-state index is 0.0677. The number of amides is 1. The van der Waals surface area contributed by atoms with E-state index in [9.17, 15) is 4.79 Å². The molecule has 0 saturated heterocycles. The predicted molar refractivity (Wildman–Crippen MR) is 68.3 cm³/mol. The lowest BCUT2D eigenvalue weighted by Gasteiger charge is -2.08. The van der Waals surface area contributed by atoms with Gasteiger partial charge in [0.25, 0.3) is 0 Å². The molecule has 16 heavy (non-hydrogen) atoms. The maximum atomic E-state index is 11.4. The van der Waals surface area contributed by atoms with Crippen LogP contribution in [0, 0.1) is 0 Å². The maximum Gasteiger partial charge on any atom is 0.230 e. The molecule has 0 spiro atoms. The number of rotatable bonds is 5. The largest absolute Gasteiger partial charge is 0.353 e. The van der Waals surface area contributed by atoms with Crippen LogP contribution in [0.4, 0.5) is 0 Å². The van der Waals surface area contributed by atoms with Gasteiger partial charge >= 0.3 is 0 Å². The van der Waals surface area contributed by atoms with Crippen molar-refractivity contribution in [2.45, 2.75) is 31.3 Å². The Hall–Kier alpha value is -1.00. The van der Waals surface area contributed by atoms with Crippen molar-refractivity contribution in [1.82, 2.24) is 5.32 Å². The summed E-state index contributed by atoms with van der Waals surface area (Å²) >= 11 is 1.53. The van der Waals surface area contributed by atoms with E-state index in [1.165, 1.54) is 11.8 Å². The van der Waals surface area contributed by atoms with Crippen molar-refractivity contribution in [2.75, 3.05) is 5.75 Å². The number of hydrogen-bond donors (Lipinski definition) is 2. The molecule has 1 aromatic rings. The second-order valence-electron chi connectivity index (χ2n) is 3.86. The molecule has 1 amide bonds. The van der Waals surface area contributed by atoms with E-state index in [0.29, 0.717) is 12.3 Å². The summed E-state index contributed by atoms with van der Waals surface area (Å²) < 4.78 is 0. The molecule has 0 heterocycles. The van der Waals surface area contributed by atoms with Crippen molar-refractivity contribution in [3.05, 3.63) is 29.8 Å². The minimum atomic E-state index is 0.0677. The Kier molecular flexibility index (Phi) is 5.35. The van der Waals surface area contributed by atoms with E-state index in [0.717, 1.165) is 10.5 Å². The summed E-state index contributed by atoms with van der Waals surface area (Å²) in [6.07, 6.45) is 0. The van der Waals surface area contributed by atoms with Crippen molar-refractivity contribution in [2.24, 2.45) is 5.73 Å². The fraction of sp³-hybridized carbons (Fsp3) is 0.417. The van der Waals surface area contributed by atoms with Crippen LogP contribution in [0.15, 0.2) is 29.2 Å². The number of nitrogens with two attached hydrogens (primary N) is 1. The van der Waals surface area contributed by atoms with Crippen LogP contribution >= 0.6 is 11.8 Å². The molecule has 0 saturated carbocycles. The standard InChI is InChI=1S/C12H18N2OS/c1-9(2)14-12(15)8-16-11-5-3-4-10(6-11)7-13/h3-6,9H,7-8,13H2,1-2H3,(H,14,15). The van der Waals surface area contributed by atoms with Crippen molar-refractivity contribution in [1.29, 1.82) is 0 Å².